The summed E-state index contributed by atoms with van der Waals surface area (Å²) in [7, 11) is 0. The second kappa shape index (κ2) is 5.45. The number of carbonyl (C=O) groups excluding carboxylic acids is 1. The predicted molar refractivity (Wildman–Crippen MR) is 64.6 cm³/mol. The van der Waals surface area contributed by atoms with Crippen molar-refractivity contribution in [1.82, 2.24) is 6.15 Å². The van der Waals surface area contributed by atoms with Gasteiger partial charge in [-0.25, -0.2) is 9.59 Å². The maximum atomic E-state index is 11.7. The predicted octanol–water partition coefficient (Wildman–Crippen LogP) is 2.72. The molecule has 17 heavy (non-hydrogen) atoms. The van der Waals surface area contributed by atoms with Gasteiger partial charge < -0.3 is 16.0 Å². The molecule has 0 radical (unpaired) electrons. The zero-order chi connectivity index (χ0) is 12.3. The molecular weight excluding hydrogens is 222 g/mol. The minimum absolute atomic E-state index is 0. The number of carboxylic acids is 1. The van der Waals surface area contributed by atoms with Gasteiger partial charge in [0.25, 0.3) is 0 Å². The lowest BCUT2D eigenvalue weighted by molar-refractivity contribution is 0.00659. The maximum absolute atomic E-state index is 11.7. The summed E-state index contributed by atoms with van der Waals surface area (Å²) in [6.07, 6.45) is 0. The third-order valence-corrected chi connectivity index (χ3v) is 1.78. The van der Waals surface area contributed by atoms with Crippen molar-refractivity contribution in [1.29, 1.82) is 0 Å². The fourth-order valence-electron chi connectivity index (χ4n) is 1.18. The van der Waals surface area contributed by atoms with Crippen molar-refractivity contribution in [2.45, 2.75) is 26.4 Å². The molecule has 0 aliphatic rings. The highest BCUT2D eigenvalue weighted by Gasteiger charge is 2.22. The second-order valence-corrected chi connectivity index (χ2v) is 4.35. The van der Waals surface area contributed by atoms with Crippen molar-refractivity contribution in [2.24, 2.45) is 0 Å². The van der Waals surface area contributed by atoms with Crippen LogP contribution in [0.4, 0.5) is 0 Å². The van der Waals surface area contributed by atoms with Crippen molar-refractivity contribution in [3.63, 3.8) is 0 Å². The second-order valence-electron chi connectivity index (χ2n) is 4.35. The van der Waals surface area contributed by atoms with Crippen LogP contribution in [0.3, 0.4) is 0 Å². The zero-order valence-electron chi connectivity index (χ0n) is 10.5. The number of carbonyl (C=O) groups is 2. The Morgan fingerprint density at radius 3 is 2.00 bits per heavy atom. The Kier molecular flexibility index (Phi) is 4.85. The highest BCUT2D eigenvalue weighted by Crippen LogP contribution is 2.15. The maximum Gasteiger partial charge on any atom is 0.339 e. The fraction of sp³-hybridized carbons (Fsp3) is 0.333. The van der Waals surface area contributed by atoms with Gasteiger partial charge in [0, 0.05) is 0 Å². The summed E-state index contributed by atoms with van der Waals surface area (Å²) in [5, 5.41) is 8.91. The lowest BCUT2D eigenvalue weighted by atomic mass is 10.1. The van der Waals surface area contributed by atoms with E-state index in [4.69, 9.17) is 9.84 Å². The number of aromatic carboxylic acids is 1. The summed E-state index contributed by atoms with van der Waals surface area (Å²) in [6, 6.07) is 5.99. The van der Waals surface area contributed by atoms with Gasteiger partial charge in [0.1, 0.15) is 5.60 Å². The number of ether oxygens (including phenoxy) is 1. The molecule has 1 aromatic rings. The molecule has 1 aromatic carbocycles. The van der Waals surface area contributed by atoms with Crippen LogP contribution in [0.1, 0.15) is 41.5 Å². The van der Waals surface area contributed by atoms with E-state index in [9.17, 15) is 9.59 Å². The van der Waals surface area contributed by atoms with E-state index < -0.39 is 17.5 Å². The van der Waals surface area contributed by atoms with Crippen LogP contribution in [-0.4, -0.2) is 22.6 Å². The molecule has 0 saturated heterocycles. The summed E-state index contributed by atoms with van der Waals surface area (Å²) in [4.78, 5) is 22.6. The lowest BCUT2D eigenvalue weighted by Crippen LogP contribution is -2.25. The summed E-state index contributed by atoms with van der Waals surface area (Å²) in [5.74, 6) is -1.76. The first kappa shape index (κ1) is 15.1. The molecule has 5 heteroatoms. The molecule has 0 heterocycles. The van der Waals surface area contributed by atoms with E-state index in [1.54, 1.807) is 32.9 Å². The Morgan fingerprint density at radius 1 is 1.12 bits per heavy atom. The molecule has 0 atom stereocenters. The standard InChI is InChI=1S/C12H14O4.H3N/c1-12(2,3)16-11(15)9-7-5-4-6-8(9)10(13)14;/h4-7H,1-3H3,(H,13,14);1H3/p+1. The Morgan fingerprint density at radius 2 is 1.59 bits per heavy atom. The molecular formula is C12H18NO4+. The first-order chi connectivity index (χ1) is 7.31. The van der Waals surface area contributed by atoms with Gasteiger partial charge in [-0.15, -0.1) is 0 Å². The van der Waals surface area contributed by atoms with Gasteiger partial charge in [-0.05, 0) is 32.9 Å². The van der Waals surface area contributed by atoms with Gasteiger partial charge in [-0.1, -0.05) is 12.1 Å². The topological polar surface area (TPSA) is 100 Å². The summed E-state index contributed by atoms with van der Waals surface area (Å²) in [5.41, 5.74) is -0.607. The normalized spacial score (nSPS) is 10.3. The van der Waals surface area contributed by atoms with E-state index in [1.165, 1.54) is 12.1 Å². The molecule has 5 N–H and O–H groups in total. The number of hydrogen-bond acceptors (Lipinski definition) is 3. The van der Waals surface area contributed by atoms with Crippen molar-refractivity contribution in [2.75, 3.05) is 0 Å². The van der Waals surface area contributed by atoms with Crippen molar-refractivity contribution in [3.8, 4) is 0 Å². The quantitative estimate of drug-likeness (QED) is 0.776. The van der Waals surface area contributed by atoms with E-state index in [-0.39, 0.29) is 17.3 Å². The lowest BCUT2D eigenvalue weighted by Gasteiger charge is -2.19. The first-order valence-corrected chi connectivity index (χ1v) is 4.87. The van der Waals surface area contributed by atoms with Crippen LogP contribution in [0.2, 0.25) is 0 Å². The largest absolute Gasteiger partial charge is 0.478 e. The van der Waals surface area contributed by atoms with E-state index >= 15 is 0 Å². The summed E-state index contributed by atoms with van der Waals surface area (Å²) in [6.45, 7) is 5.19. The average Bonchev–Trinajstić information content (AvgIpc) is 2.15. The molecule has 1 rings (SSSR count). The molecule has 0 bridgehead atoms. The number of carboxylic acid groups (broad SMARTS) is 1. The molecule has 0 fully saturated rings. The van der Waals surface area contributed by atoms with Gasteiger partial charge in [0.15, 0.2) is 0 Å². The Labute approximate surface area is 100.0 Å². The van der Waals surface area contributed by atoms with Crippen LogP contribution in [0.15, 0.2) is 24.3 Å². The van der Waals surface area contributed by atoms with Gasteiger partial charge in [-0.2, -0.15) is 0 Å². The molecule has 0 unspecified atom stereocenters. The minimum atomic E-state index is -1.14. The molecule has 0 amide bonds. The van der Waals surface area contributed by atoms with E-state index in [1.807, 2.05) is 0 Å². The zero-order valence-corrected chi connectivity index (χ0v) is 10.5. The number of rotatable bonds is 2. The number of quaternary nitrogens is 1. The highest BCUT2D eigenvalue weighted by atomic mass is 16.6. The van der Waals surface area contributed by atoms with Crippen LogP contribution in [0.5, 0.6) is 0 Å². The van der Waals surface area contributed by atoms with Crippen LogP contribution >= 0.6 is 0 Å². The van der Waals surface area contributed by atoms with E-state index in [0.29, 0.717) is 0 Å². The van der Waals surface area contributed by atoms with Gasteiger partial charge in [0.2, 0.25) is 0 Å². The first-order valence-electron chi connectivity index (χ1n) is 4.87. The van der Waals surface area contributed by atoms with Crippen LogP contribution in [0.25, 0.3) is 0 Å². The molecule has 0 saturated carbocycles. The van der Waals surface area contributed by atoms with Crippen molar-refractivity contribution in [3.05, 3.63) is 35.4 Å². The molecule has 0 aliphatic heterocycles. The molecule has 94 valence electrons. The van der Waals surface area contributed by atoms with E-state index in [0.717, 1.165) is 0 Å². The number of hydrogen-bond donors (Lipinski definition) is 2. The third kappa shape index (κ3) is 4.24. The number of benzene rings is 1. The molecule has 5 nitrogen and oxygen atoms in total. The van der Waals surface area contributed by atoms with Gasteiger partial charge in [0.05, 0.1) is 11.1 Å². The minimum Gasteiger partial charge on any atom is -0.478 e. The monoisotopic (exact) mass is 240 g/mol. The highest BCUT2D eigenvalue weighted by molar-refractivity contribution is 6.02. The van der Waals surface area contributed by atoms with Crippen molar-refractivity contribution >= 4 is 11.9 Å². The van der Waals surface area contributed by atoms with Crippen LogP contribution in [0, 0.1) is 0 Å². The van der Waals surface area contributed by atoms with Crippen molar-refractivity contribution < 1.29 is 19.4 Å². The Hall–Kier alpha value is -1.88. The summed E-state index contributed by atoms with van der Waals surface area (Å²) >= 11 is 0. The third-order valence-electron chi connectivity index (χ3n) is 1.78. The SMILES string of the molecule is CC(C)(C)OC(=O)c1ccccc1C(=O)O.[NH4+]. The molecule has 0 aliphatic carbocycles. The van der Waals surface area contributed by atoms with E-state index in [2.05, 4.69) is 0 Å². The molecule has 0 spiro atoms. The Bertz CT molecular complexity index is 421. The van der Waals surface area contributed by atoms with Gasteiger partial charge in [-0.3, -0.25) is 0 Å². The summed E-state index contributed by atoms with van der Waals surface area (Å²) < 4.78 is 5.11. The fourth-order valence-corrected chi connectivity index (χ4v) is 1.18. The van der Waals surface area contributed by atoms with Crippen LogP contribution < -0.4 is 6.15 Å². The van der Waals surface area contributed by atoms with Gasteiger partial charge >= 0.3 is 11.9 Å². The number of esters is 1. The average molecular weight is 240 g/mol. The Balaban J connectivity index is 0.00000256. The van der Waals surface area contributed by atoms with Crippen LogP contribution in [-0.2, 0) is 4.74 Å². The smallest absolute Gasteiger partial charge is 0.339 e. The molecule has 0 aromatic heterocycles.